The van der Waals surface area contributed by atoms with Crippen LogP contribution in [0.15, 0.2) is 4.79 Å². The number of H-pyrrole nitrogens is 1. The van der Waals surface area contributed by atoms with Gasteiger partial charge in [-0.2, -0.15) is 0 Å². The van der Waals surface area contributed by atoms with Gasteiger partial charge in [0, 0.05) is 24.1 Å². The molecule has 7 nitrogen and oxygen atoms in total. The van der Waals surface area contributed by atoms with Crippen molar-refractivity contribution in [3.63, 3.8) is 0 Å². The monoisotopic (exact) mass is 403 g/mol. The number of aromatic nitrogens is 4. The van der Waals surface area contributed by atoms with E-state index in [0.29, 0.717) is 17.4 Å². The van der Waals surface area contributed by atoms with Crippen LogP contribution in [-0.2, 0) is 30.5 Å². The summed E-state index contributed by atoms with van der Waals surface area (Å²) in [6.07, 6.45) is 6.80. The first kappa shape index (κ1) is 18.2. The maximum Gasteiger partial charge on any atom is 0.259 e. The summed E-state index contributed by atoms with van der Waals surface area (Å²) in [5.41, 5.74) is 1.09. The molecule has 0 atom stereocenters. The number of aryl methyl sites for hydroxylation is 4. The predicted molar refractivity (Wildman–Crippen MR) is 108 cm³/mol. The highest BCUT2D eigenvalue weighted by Crippen LogP contribution is 2.34. The van der Waals surface area contributed by atoms with Crippen molar-refractivity contribution in [2.45, 2.75) is 58.3 Å². The molecule has 0 aliphatic heterocycles. The maximum absolute atomic E-state index is 12.4. The number of hydrogen-bond donors (Lipinski definition) is 2. The molecule has 0 bridgehead atoms. The van der Waals surface area contributed by atoms with Gasteiger partial charge < -0.3 is 10.3 Å². The number of nitrogens with one attached hydrogen (secondary N) is 2. The number of carbonyl (C=O) groups excluding carboxylic acids is 1. The van der Waals surface area contributed by atoms with Crippen LogP contribution < -0.4 is 10.9 Å². The first-order chi connectivity index (χ1) is 13.1. The van der Waals surface area contributed by atoms with Gasteiger partial charge in [0.15, 0.2) is 0 Å². The second-order valence-electron chi connectivity index (χ2n) is 6.70. The SMILES string of the molecule is CCCCc1nnc(NC(=O)CCc2nc3sc4c(c3c(=O)[nH]2)CCC4)s1. The Balaban J connectivity index is 1.39. The van der Waals surface area contributed by atoms with Crippen LogP contribution in [0.5, 0.6) is 0 Å². The zero-order valence-corrected chi connectivity index (χ0v) is 16.8. The third-order valence-electron chi connectivity index (χ3n) is 4.67. The van der Waals surface area contributed by atoms with Crippen LogP contribution in [0.4, 0.5) is 5.13 Å². The molecule has 3 heterocycles. The van der Waals surface area contributed by atoms with Gasteiger partial charge in [-0.05, 0) is 31.2 Å². The number of aromatic amines is 1. The minimum atomic E-state index is -0.149. The van der Waals surface area contributed by atoms with Crippen LogP contribution >= 0.6 is 22.7 Å². The van der Waals surface area contributed by atoms with E-state index in [2.05, 4.69) is 32.4 Å². The van der Waals surface area contributed by atoms with Crippen molar-refractivity contribution in [2.75, 3.05) is 5.32 Å². The second kappa shape index (κ2) is 7.85. The summed E-state index contributed by atoms with van der Waals surface area (Å²) in [7, 11) is 0. The van der Waals surface area contributed by atoms with Crippen LogP contribution in [0.2, 0.25) is 0 Å². The molecule has 0 aromatic carbocycles. The van der Waals surface area contributed by atoms with Gasteiger partial charge in [0.25, 0.3) is 5.56 Å². The van der Waals surface area contributed by atoms with Gasteiger partial charge in [0.1, 0.15) is 15.7 Å². The van der Waals surface area contributed by atoms with E-state index in [1.54, 1.807) is 11.3 Å². The van der Waals surface area contributed by atoms with Gasteiger partial charge in [0.05, 0.1) is 5.39 Å². The topological polar surface area (TPSA) is 101 Å². The maximum atomic E-state index is 12.4. The smallest absolute Gasteiger partial charge is 0.259 e. The molecule has 4 rings (SSSR count). The summed E-state index contributed by atoms with van der Waals surface area (Å²) in [6.45, 7) is 2.13. The summed E-state index contributed by atoms with van der Waals surface area (Å²) >= 11 is 3.03. The summed E-state index contributed by atoms with van der Waals surface area (Å²) in [4.78, 5) is 34.1. The minimum Gasteiger partial charge on any atom is -0.310 e. The van der Waals surface area contributed by atoms with E-state index in [1.807, 2.05) is 0 Å². The fourth-order valence-electron chi connectivity index (χ4n) is 3.31. The Morgan fingerprint density at radius 3 is 2.96 bits per heavy atom. The molecule has 3 aromatic rings. The lowest BCUT2D eigenvalue weighted by Crippen LogP contribution is -2.16. The van der Waals surface area contributed by atoms with Crippen LogP contribution in [0.3, 0.4) is 0 Å². The van der Waals surface area contributed by atoms with Gasteiger partial charge in [-0.15, -0.1) is 21.5 Å². The molecule has 27 heavy (non-hydrogen) atoms. The number of amides is 1. The van der Waals surface area contributed by atoms with Crippen molar-refractivity contribution in [1.82, 2.24) is 20.2 Å². The fraction of sp³-hybridized carbons (Fsp3) is 0.500. The van der Waals surface area contributed by atoms with Crippen LogP contribution in [0.1, 0.15) is 53.9 Å². The predicted octanol–water partition coefficient (Wildman–Crippen LogP) is 3.24. The molecular formula is C18H21N5O2S2. The first-order valence-corrected chi connectivity index (χ1v) is 10.9. The zero-order chi connectivity index (χ0) is 18.8. The van der Waals surface area contributed by atoms with E-state index in [4.69, 9.17) is 0 Å². The number of carbonyl (C=O) groups is 1. The van der Waals surface area contributed by atoms with Crippen LogP contribution in [-0.4, -0.2) is 26.1 Å². The lowest BCUT2D eigenvalue weighted by atomic mass is 10.2. The molecule has 2 N–H and O–H groups in total. The Hall–Kier alpha value is -2.13. The number of unbranched alkanes of at least 4 members (excludes halogenated alkanes) is 1. The summed E-state index contributed by atoms with van der Waals surface area (Å²) in [5, 5.41) is 13.1. The molecule has 1 aliphatic rings. The van der Waals surface area contributed by atoms with E-state index in [9.17, 15) is 9.59 Å². The third-order valence-corrected chi connectivity index (χ3v) is 6.75. The van der Waals surface area contributed by atoms with Crippen molar-refractivity contribution in [3.8, 4) is 0 Å². The second-order valence-corrected chi connectivity index (χ2v) is 8.85. The standard InChI is InChI=1S/C18H21N5O2S2/c1-2-3-7-14-22-23-18(27-14)21-13(24)9-8-12-19-16(25)15-10-5-4-6-11(10)26-17(15)20-12/h2-9H2,1H3,(H,19,20,25)(H,21,23,24). The molecule has 0 unspecified atom stereocenters. The van der Waals surface area contributed by atoms with Crippen molar-refractivity contribution >= 4 is 43.9 Å². The minimum absolute atomic E-state index is 0.0838. The molecule has 3 aromatic heterocycles. The van der Waals surface area contributed by atoms with Crippen molar-refractivity contribution in [1.29, 1.82) is 0 Å². The molecule has 0 saturated heterocycles. The number of nitrogens with zero attached hydrogens (tertiary/aromatic N) is 3. The molecular weight excluding hydrogens is 382 g/mol. The Kier molecular flexibility index (Phi) is 5.31. The van der Waals surface area contributed by atoms with Crippen molar-refractivity contribution in [2.24, 2.45) is 0 Å². The van der Waals surface area contributed by atoms with Gasteiger partial charge in [0.2, 0.25) is 11.0 Å². The normalized spacial score (nSPS) is 13.2. The Bertz CT molecular complexity index is 1040. The molecule has 1 aliphatic carbocycles. The molecule has 0 saturated carbocycles. The highest BCUT2D eigenvalue weighted by Gasteiger charge is 2.21. The zero-order valence-electron chi connectivity index (χ0n) is 15.1. The molecule has 9 heteroatoms. The fourth-order valence-corrected chi connectivity index (χ4v) is 5.39. The summed E-state index contributed by atoms with van der Waals surface area (Å²) < 4.78 is 0. The third kappa shape index (κ3) is 3.93. The van der Waals surface area contributed by atoms with E-state index in [0.717, 1.165) is 53.7 Å². The Morgan fingerprint density at radius 1 is 1.22 bits per heavy atom. The molecule has 0 fully saturated rings. The number of rotatable bonds is 7. The number of hydrogen-bond acceptors (Lipinski definition) is 7. The first-order valence-electron chi connectivity index (χ1n) is 9.29. The highest BCUT2D eigenvalue weighted by molar-refractivity contribution is 7.18. The van der Waals surface area contributed by atoms with Gasteiger partial charge >= 0.3 is 0 Å². The van der Waals surface area contributed by atoms with Crippen LogP contribution in [0, 0.1) is 0 Å². The van der Waals surface area contributed by atoms with E-state index >= 15 is 0 Å². The number of thiophene rings is 1. The van der Waals surface area contributed by atoms with E-state index in [1.165, 1.54) is 21.8 Å². The van der Waals surface area contributed by atoms with E-state index < -0.39 is 0 Å². The molecule has 0 spiro atoms. The largest absolute Gasteiger partial charge is 0.310 e. The van der Waals surface area contributed by atoms with E-state index in [-0.39, 0.29) is 17.9 Å². The molecule has 1 amide bonds. The van der Waals surface area contributed by atoms with Crippen LogP contribution in [0.25, 0.3) is 10.2 Å². The number of anilines is 1. The Morgan fingerprint density at radius 2 is 2.11 bits per heavy atom. The average Bonchev–Trinajstić information content (AvgIpc) is 3.33. The Labute approximate surface area is 164 Å². The quantitative estimate of drug-likeness (QED) is 0.631. The highest BCUT2D eigenvalue weighted by atomic mass is 32.1. The molecule has 142 valence electrons. The van der Waals surface area contributed by atoms with Crippen molar-refractivity contribution in [3.05, 3.63) is 31.6 Å². The number of fused-ring (bicyclic) bond motifs is 3. The lowest BCUT2D eigenvalue weighted by Gasteiger charge is -2.02. The lowest BCUT2D eigenvalue weighted by molar-refractivity contribution is -0.116. The summed E-state index contributed by atoms with van der Waals surface area (Å²) in [5.74, 6) is 0.410. The summed E-state index contributed by atoms with van der Waals surface area (Å²) in [6, 6.07) is 0. The van der Waals surface area contributed by atoms with Crippen molar-refractivity contribution < 1.29 is 4.79 Å². The van der Waals surface area contributed by atoms with Gasteiger partial charge in [-0.25, -0.2) is 4.98 Å². The van der Waals surface area contributed by atoms with Gasteiger partial charge in [-0.1, -0.05) is 24.7 Å². The average molecular weight is 404 g/mol. The van der Waals surface area contributed by atoms with Gasteiger partial charge in [-0.3, -0.25) is 9.59 Å². The molecule has 0 radical (unpaired) electrons.